The molecular formula is C11H17ClN2O3. The second-order valence-corrected chi connectivity index (χ2v) is 5.91. The van der Waals surface area contributed by atoms with Crippen molar-refractivity contribution in [2.45, 2.75) is 44.9 Å². The summed E-state index contributed by atoms with van der Waals surface area (Å²) in [5.74, 6) is 0. The summed E-state index contributed by atoms with van der Waals surface area (Å²) >= 11 is 5.47. The van der Waals surface area contributed by atoms with Crippen molar-refractivity contribution >= 4 is 23.1 Å². The van der Waals surface area contributed by atoms with E-state index in [0.717, 1.165) is 6.42 Å². The van der Waals surface area contributed by atoms with Crippen LogP contribution in [0.5, 0.6) is 0 Å². The SMILES string of the molecule is CC(C)(C)OC(=O)N1CC2CC(C1)N2C(=O)Cl. The Morgan fingerprint density at radius 2 is 1.76 bits per heavy atom. The van der Waals surface area contributed by atoms with Crippen molar-refractivity contribution in [3.05, 3.63) is 0 Å². The molecule has 0 aromatic rings. The van der Waals surface area contributed by atoms with E-state index in [-0.39, 0.29) is 18.2 Å². The Morgan fingerprint density at radius 1 is 1.24 bits per heavy atom. The monoisotopic (exact) mass is 260 g/mol. The fourth-order valence-electron chi connectivity index (χ4n) is 2.37. The fraction of sp³-hybridized carbons (Fsp3) is 0.818. The molecule has 3 rings (SSSR count). The van der Waals surface area contributed by atoms with Crippen LogP contribution in [0.3, 0.4) is 0 Å². The molecule has 5 nitrogen and oxygen atoms in total. The van der Waals surface area contributed by atoms with E-state index in [9.17, 15) is 9.59 Å². The van der Waals surface area contributed by atoms with Gasteiger partial charge in [-0.2, -0.15) is 0 Å². The Balaban J connectivity index is 1.92. The average molecular weight is 261 g/mol. The summed E-state index contributed by atoms with van der Waals surface area (Å²) in [5.41, 5.74) is -0.485. The highest BCUT2D eigenvalue weighted by Gasteiger charge is 2.48. The Morgan fingerprint density at radius 3 is 2.18 bits per heavy atom. The topological polar surface area (TPSA) is 49.9 Å². The van der Waals surface area contributed by atoms with Crippen LogP contribution in [-0.4, -0.2) is 52.0 Å². The van der Waals surface area contributed by atoms with E-state index in [1.54, 1.807) is 9.80 Å². The molecular weight excluding hydrogens is 244 g/mol. The van der Waals surface area contributed by atoms with Gasteiger partial charge in [-0.1, -0.05) is 0 Å². The van der Waals surface area contributed by atoms with Crippen molar-refractivity contribution in [2.24, 2.45) is 0 Å². The van der Waals surface area contributed by atoms with Crippen LogP contribution in [0.2, 0.25) is 0 Å². The predicted octanol–water partition coefficient (Wildman–Crippen LogP) is 2.04. The molecule has 0 N–H and O–H groups in total. The van der Waals surface area contributed by atoms with Gasteiger partial charge in [0.15, 0.2) is 0 Å². The standard InChI is InChI=1S/C11H17ClN2O3/c1-11(2,3)17-10(16)13-5-7-4-8(6-13)14(7)9(12)15/h7-8H,4-6H2,1-3H3. The molecule has 3 heterocycles. The Kier molecular flexibility index (Phi) is 2.97. The molecule has 0 saturated carbocycles. The second-order valence-electron chi connectivity index (χ2n) is 5.59. The molecule has 2 amide bonds. The van der Waals surface area contributed by atoms with Gasteiger partial charge < -0.3 is 14.5 Å². The molecule has 96 valence electrons. The number of hydrogen-bond donors (Lipinski definition) is 0. The van der Waals surface area contributed by atoms with Crippen molar-refractivity contribution in [2.75, 3.05) is 13.1 Å². The average Bonchev–Trinajstić information content (AvgIpc) is 2.13. The summed E-state index contributed by atoms with van der Waals surface area (Å²) in [5, 5.41) is -0.421. The molecule has 2 bridgehead atoms. The summed E-state index contributed by atoms with van der Waals surface area (Å²) in [4.78, 5) is 26.2. The highest BCUT2D eigenvalue weighted by molar-refractivity contribution is 6.63. The number of piperidine rings is 1. The van der Waals surface area contributed by atoms with Crippen LogP contribution in [0.15, 0.2) is 0 Å². The largest absolute Gasteiger partial charge is 0.444 e. The van der Waals surface area contributed by atoms with E-state index in [4.69, 9.17) is 16.3 Å². The van der Waals surface area contributed by atoms with Crippen molar-refractivity contribution in [3.63, 3.8) is 0 Å². The van der Waals surface area contributed by atoms with Crippen molar-refractivity contribution in [3.8, 4) is 0 Å². The number of carbonyl (C=O) groups excluding carboxylic acids is 2. The first-order valence-electron chi connectivity index (χ1n) is 5.73. The number of halogens is 1. The minimum Gasteiger partial charge on any atom is -0.444 e. The number of piperazine rings is 1. The predicted molar refractivity (Wildman–Crippen MR) is 63.1 cm³/mol. The number of nitrogens with zero attached hydrogens (tertiary/aromatic N) is 2. The lowest BCUT2D eigenvalue weighted by atomic mass is 9.88. The van der Waals surface area contributed by atoms with Crippen molar-refractivity contribution < 1.29 is 14.3 Å². The van der Waals surface area contributed by atoms with Gasteiger partial charge in [-0.25, -0.2) is 4.79 Å². The zero-order chi connectivity index (χ0) is 12.8. The van der Waals surface area contributed by atoms with Crippen LogP contribution in [-0.2, 0) is 4.74 Å². The number of amides is 2. The van der Waals surface area contributed by atoms with Crippen LogP contribution in [0.25, 0.3) is 0 Å². The summed E-state index contributed by atoms with van der Waals surface area (Å²) in [6.07, 6.45) is 0.617. The third-order valence-electron chi connectivity index (χ3n) is 3.05. The van der Waals surface area contributed by atoms with Crippen LogP contribution < -0.4 is 0 Å². The summed E-state index contributed by atoms with van der Waals surface area (Å²) in [7, 11) is 0. The number of carbonyl (C=O) groups is 2. The lowest BCUT2D eigenvalue weighted by Gasteiger charge is -2.55. The first-order valence-corrected chi connectivity index (χ1v) is 6.11. The number of ether oxygens (including phenoxy) is 1. The minimum absolute atomic E-state index is 0.0614. The normalized spacial score (nSPS) is 27.5. The zero-order valence-electron chi connectivity index (χ0n) is 10.3. The van der Waals surface area contributed by atoms with Gasteiger partial charge >= 0.3 is 11.5 Å². The Bertz CT molecular complexity index is 341. The molecule has 2 unspecified atom stereocenters. The lowest BCUT2D eigenvalue weighted by Crippen LogP contribution is -2.70. The van der Waals surface area contributed by atoms with E-state index in [0.29, 0.717) is 13.1 Å². The highest BCUT2D eigenvalue weighted by Crippen LogP contribution is 2.33. The minimum atomic E-state index is -0.485. The summed E-state index contributed by atoms with van der Waals surface area (Å²) in [6, 6.07) is 0.123. The van der Waals surface area contributed by atoms with E-state index < -0.39 is 11.0 Å². The molecule has 2 atom stereocenters. The van der Waals surface area contributed by atoms with Gasteiger partial charge in [0, 0.05) is 13.1 Å². The van der Waals surface area contributed by atoms with E-state index in [2.05, 4.69) is 0 Å². The maximum Gasteiger partial charge on any atom is 0.410 e. The molecule has 0 aliphatic carbocycles. The van der Waals surface area contributed by atoms with Gasteiger partial charge in [-0.05, 0) is 38.8 Å². The number of fused-ring (bicyclic) bond motifs is 2. The van der Waals surface area contributed by atoms with Crippen molar-refractivity contribution in [1.82, 2.24) is 9.80 Å². The molecule has 0 aromatic heterocycles. The van der Waals surface area contributed by atoms with Gasteiger partial charge in [-0.15, -0.1) is 0 Å². The first kappa shape index (κ1) is 12.5. The van der Waals surface area contributed by atoms with Gasteiger partial charge in [0.1, 0.15) is 5.60 Å². The first-order chi connectivity index (χ1) is 7.78. The number of hydrogen-bond acceptors (Lipinski definition) is 3. The molecule has 0 aromatic carbocycles. The number of rotatable bonds is 0. The van der Waals surface area contributed by atoms with Crippen LogP contribution in [0, 0.1) is 0 Å². The summed E-state index contributed by atoms with van der Waals surface area (Å²) < 4.78 is 5.29. The second kappa shape index (κ2) is 4.05. The Hall–Kier alpha value is -0.970. The fourth-order valence-corrected chi connectivity index (χ4v) is 2.65. The van der Waals surface area contributed by atoms with Gasteiger partial charge in [-0.3, -0.25) is 4.79 Å². The third kappa shape index (κ3) is 2.49. The van der Waals surface area contributed by atoms with Crippen molar-refractivity contribution in [1.29, 1.82) is 0 Å². The molecule has 6 heteroatoms. The smallest absolute Gasteiger partial charge is 0.410 e. The molecule has 3 saturated heterocycles. The third-order valence-corrected chi connectivity index (χ3v) is 3.24. The molecule has 3 aliphatic heterocycles. The molecule has 0 spiro atoms. The molecule has 3 aliphatic rings. The van der Waals surface area contributed by atoms with Crippen LogP contribution in [0.1, 0.15) is 27.2 Å². The maximum absolute atomic E-state index is 11.8. The zero-order valence-corrected chi connectivity index (χ0v) is 11.0. The molecule has 0 radical (unpaired) electrons. The van der Waals surface area contributed by atoms with E-state index >= 15 is 0 Å². The van der Waals surface area contributed by atoms with Gasteiger partial charge in [0.2, 0.25) is 0 Å². The van der Waals surface area contributed by atoms with Crippen LogP contribution in [0.4, 0.5) is 9.59 Å². The Labute approximate surface area is 106 Å². The van der Waals surface area contributed by atoms with Crippen LogP contribution >= 0.6 is 11.6 Å². The van der Waals surface area contributed by atoms with Gasteiger partial charge in [0.25, 0.3) is 0 Å². The summed E-state index contributed by atoms with van der Waals surface area (Å²) in [6.45, 7) is 6.55. The lowest BCUT2D eigenvalue weighted by molar-refractivity contribution is -0.0434. The highest BCUT2D eigenvalue weighted by atomic mass is 35.5. The van der Waals surface area contributed by atoms with Gasteiger partial charge in [0.05, 0.1) is 12.1 Å². The quantitative estimate of drug-likeness (QED) is 0.495. The van der Waals surface area contributed by atoms with E-state index in [1.165, 1.54) is 0 Å². The molecule has 17 heavy (non-hydrogen) atoms. The van der Waals surface area contributed by atoms with E-state index in [1.807, 2.05) is 20.8 Å². The maximum atomic E-state index is 11.8. The molecule has 3 fully saturated rings.